The number of aliphatic hydroxyl groups excluding tert-OH is 1. The number of nitrogens with two attached hydrogens (primary N) is 1. The summed E-state index contributed by atoms with van der Waals surface area (Å²) < 4.78 is 0. The van der Waals surface area contributed by atoms with Crippen molar-refractivity contribution in [2.24, 2.45) is 5.73 Å². The van der Waals surface area contributed by atoms with Crippen LogP contribution in [-0.2, 0) is 6.54 Å². The average Bonchev–Trinajstić information content (AvgIpc) is 2.36. The molecule has 0 fully saturated rings. The van der Waals surface area contributed by atoms with Gasteiger partial charge in [-0.15, -0.1) is 0 Å². The lowest BCUT2D eigenvalue weighted by Crippen LogP contribution is -2.27. The number of pyridine rings is 1. The Bertz CT molecular complexity index is 384. The molecule has 4 nitrogen and oxygen atoms in total. The van der Waals surface area contributed by atoms with Crippen LogP contribution in [0.4, 0.5) is 0 Å². The zero-order chi connectivity index (χ0) is 13.4. The van der Waals surface area contributed by atoms with E-state index in [0.29, 0.717) is 17.2 Å². The van der Waals surface area contributed by atoms with Gasteiger partial charge in [-0.1, -0.05) is 25.6 Å². The second-order valence-corrected chi connectivity index (χ2v) is 4.71. The lowest BCUT2D eigenvalue weighted by Gasteiger charge is -2.21. The Morgan fingerprint density at radius 3 is 2.89 bits per heavy atom. The van der Waals surface area contributed by atoms with Crippen LogP contribution in [0.15, 0.2) is 18.3 Å². The standard InChI is InChI=1S/C13H21N3OS/c1-2-3-6-16(7-8-17)10-11-4-5-15-12(9-11)13(14)18/h4-5,9,17H,2-3,6-8,10H2,1H3,(H2,14,18). The number of hydrogen-bond acceptors (Lipinski definition) is 4. The van der Waals surface area contributed by atoms with Gasteiger partial charge in [0.05, 0.1) is 12.3 Å². The molecule has 0 bridgehead atoms. The maximum absolute atomic E-state index is 9.06. The van der Waals surface area contributed by atoms with Crippen molar-refractivity contribution >= 4 is 17.2 Å². The number of aromatic nitrogens is 1. The Morgan fingerprint density at radius 1 is 1.50 bits per heavy atom. The lowest BCUT2D eigenvalue weighted by molar-refractivity contribution is 0.188. The van der Waals surface area contributed by atoms with Crippen LogP contribution in [0.3, 0.4) is 0 Å². The minimum Gasteiger partial charge on any atom is -0.395 e. The smallest absolute Gasteiger partial charge is 0.122 e. The van der Waals surface area contributed by atoms with Crippen LogP contribution >= 0.6 is 12.2 Å². The van der Waals surface area contributed by atoms with E-state index in [1.807, 2.05) is 12.1 Å². The molecule has 0 aliphatic carbocycles. The Balaban J connectivity index is 2.67. The van der Waals surface area contributed by atoms with Crippen LogP contribution in [0, 0.1) is 0 Å². The molecule has 0 amide bonds. The number of nitrogens with zero attached hydrogens (tertiary/aromatic N) is 2. The van der Waals surface area contributed by atoms with Crippen molar-refractivity contribution in [1.29, 1.82) is 0 Å². The molecule has 0 aliphatic heterocycles. The highest BCUT2D eigenvalue weighted by Crippen LogP contribution is 2.07. The normalized spacial score (nSPS) is 10.8. The summed E-state index contributed by atoms with van der Waals surface area (Å²) in [5, 5.41) is 9.06. The number of unbranched alkanes of at least 4 members (excludes halogenated alkanes) is 1. The molecule has 5 heteroatoms. The highest BCUT2D eigenvalue weighted by molar-refractivity contribution is 7.80. The van der Waals surface area contributed by atoms with Gasteiger partial charge in [0.15, 0.2) is 0 Å². The van der Waals surface area contributed by atoms with Crippen molar-refractivity contribution in [2.75, 3.05) is 19.7 Å². The zero-order valence-electron chi connectivity index (χ0n) is 10.8. The van der Waals surface area contributed by atoms with Gasteiger partial charge in [0.2, 0.25) is 0 Å². The molecule has 0 unspecified atom stereocenters. The Labute approximate surface area is 114 Å². The molecular weight excluding hydrogens is 246 g/mol. The van der Waals surface area contributed by atoms with E-state index in [2.05, 4.69) is 16.8 Å². The van der Waals surface area contributed by atoms with E-state index >= 15 is 0 Å². The first-order valence-electron chi connectivity index (χ1n) is 6.25. The first-order valence-corrected chi connectivity index (χ1v) is 6.66. The molecule has 18 heavy (non-hydrogen) atoms. The fraction of sp³-hybridized carbons (Fsp3) is 0.538. The SMILES string of the molecule is CCCCN(CCO)Cc1ccnc(C(N)=S)c1. The molecule has 3 N–H and O–H groups in total. The summed E-state index contributed by atoms with van der Waals surface area (Å²) in [7, 11) is 0. The second-order valence-electron chi connectivity index (χ2n) is 4.27. The van der Waals surface area contributed by atoms with Crippen molar-refractivity contribution in [3.8, 4) is 0 Å². The fourth-order valence-corrected chi connectivity index (χ4v) is 1.87. The molecule has 1 heterocycles. The third-order valence-electron chi connectivity index (χ3n) is 2.73. The second kappa shape index (κ2) is 8.13. The number of thiocarbonyl (C=S) groups is 1. The van der Waals surface area contributed by atoms with E-state index in [9.17, 15) is 0 Å². The van der Waals surface area contributed by atoms with Crippen LogP contribution < -0.4 is 5.73 Å². The highest BCUT2D eigenvalue weighted by atomic mass is 32.1. The molecule has 1 rings (SSSR count). The fourth-order valence-electron chi connectivity index (χ4n) is 1.76. The summed E-state index contributed by atoms with van der Waals surface area (Å²) in [6.45, 7) is 4.80. The summed E-state index contributed by atoms with van der Waals surface area (Å²) in [4.78, 5) is 6.66. The van der Waals surface area contributed by atoms with Gasteiger partial charge in [-0.2, -0.15) is 0 Å². The van der Waals surface area contributed by atoms with E-state index in [1.54, 1.807) is 6.20 Å². The Kier molecular flexibility index (Phi) is 6.78. The van der Waals surface area contributed by atoms with E-state index in [0.717, 1.165) is 31.5 Å². The molecule has 0 spiro atoms. The summed E-state index contributed by atoms with van der Waals surface area (Å²) in [6.07, 6.45) is 4.00. The highest BCUT2D eigenvalue weighted by Gasteiger charge is 2.06. The number of aliphatic hydroxyl groups is 1. The molecule has 0 atom stereocenters. The van der Waals surface area contributed by atoms with Gasteiger partial charge < -0.3 is 10.8 Å². The maximum Gasteiger partial charge on any atom is 0.122 e. The van der Waals surface area contributed by atoms with E-state index in [1.165, 1.54) is 0 Å². The molecule has 0 saturated carbocycles. The van der Waals surface area contributed by atoms with Crippen molar-refractivity contribution in [1.82, 2.24) is 9.88 Å². The maximum atomic E-state index is 9.06. The quantitative estimate of drug-likeness (QED) is 0.695. The Hall–Kier alpha value is -1.04. The van der Waals surface area contributed by atoms with Crippen molar-refractivity contribution in [3.63, 3.8) is 0 Å². The molecule has 1 aromatic rings. The summed E-state index contributed by atoms with van der Waals surface area (Å²) in [5.74, 6) is 0. The van der Waals surface area contributed by atoms with Gasteiger partial charge in [-0.25, -0.2) is 0 Å². The monoisotopic (exact) mass is 267 g/mol. The third-order valence-corrected chi connectivity index (χ3v) is 2.94. The van der Waals surface area contributed by atoms with Crippen LogP contribution in [-0.4, -0.2) is 39.7 Å². The van der Waals surface area contributed by atoms with Gasteiger partial charge >= 0.3 is 0 Å². The molecular formula is C13H21N3OS. The molecule has 1 aromatic heterocycles. The third kappa shape index (κ3) is 5.08. The first-order chi connectivity index (χ1) is 8.67. The molecule has 0 saturated heterocycles. The van der Waals surface area contributed by atoms with Crippen molar-refractivity contribution < 1.29 is 5.11 Å². The van der Waals surface area contributed by atoms with E-state index in [-0.39, 0.29) is 6.61 Å². The summed E-state index contributed by atoms with van der Waals surface area (Å²) in [6, 6.07) is 3.87. The van der Waals surface area contributed by atoms with Crippen molar-refractivity contribution in [2.45, 2.75) is 26.3 Å². The molecule has 0 aliphatic rings. The Morgan fingerprint density at radius 2 is 2.28 bits per heavy atom. The predicted octanol–water partition coefficient (Wildman–Crippen LogP) is 1.31. The summed E-state index contributed by atoms with van der Waals surface area (Å²) >= 11 is 4.92. The average molecular weight is 267 g/mol. The molecule has 100 valence electrons. The summed E-state index contributed by atoms with van der Waals surface area (Å²) in [5.41, 5.74) is 7.34. The zero-order valence-corrected chi connectivity index (χ0v) is 11.6. The van der Waals surface area contributed by atoms with Crippen LogP contribution in [0.2, 0.25) is 0 Å². The number of hydrogen-bond donors (Lipinski definition) is 2. The van der Waals surface area contributed by atoms with Gasteiger partial charge in [0.1, 0.15) is 4.99 Å². The van der Waals surface area contributed by atoms with E-state index in [4.69, 9.17) is 23.1 Å². The minimum absolute atomic E-state index is 0.178. The van der Waals surface area contributed by atoms with Crippen LogP contribution in [0.25, 0.3) is 0 Å². The largest absolute Gasteiger partial charge is 0.395 e. The van der Waals surface area contributed by atoms with Gasteiger partial charge in [0.25, 0.3) is 0 Å². The molecule has 0 aromatic carbocycles. The number of rotatable bonds is 8. The minimum atomic E-state index is 0.178. The lowest BCUT2D eigenvalue weighted by atomic mass is 10.2. The van der Waals surface area contributed by atoms with Gasteiger partial charge in [-0.05, 0) is 30.7 Å². The first kappa shape index (κ1) is 15.0. The molecule has 0 radical (unpaired) electrons. The van der Waals surface area contributed by atoms with Crippen LogP contribution in [0.1, 0.15) is 31.0 Å². The van der Waals surface area contributed by atoms with Gasteiger partial charge in [0, 0.05) is 19.3 Å². The topological polar surface area (TPSA) is 62.4 Å². The van der Waals surface area contributed by atoms with Crippen LogP contribution in [0.5, 0.6) is 0 Å². The van der Waals surface area contributed by atoms with Crippen molar-refractivity contribution in [3.05, 3.63) is 29.6 Å². The van der Waals surface area contributed by atoms with Gasteiger partial charge in [-0.3, -0.25) is 9.88 Å². The predicted molar refractivity (Wildman–Crippen MR) is 77.4 cm³/mol. The van der Waals surface area contributed by atoms with E-state index < -0.39 is 0 Å².